The fraction of sp³-hybridized carbons (Fsp3) is 0.526. The van der Waals surface area contributed by atoms with Crippen LogP contribution in [0.5, 0.6) is 0 Å². The van der Waals surface area contributed by atoms with Crippen LogP contribution in [0.15, 0.2) is 42.7 Å². The maximum atomic E-state index is 6.27. The minimum atomic E-state index is -1.75. The van der Waals surface area contributed by atoms with Gasteiger partial charge in [-0.3, -0.25) is 0 Å². The lowest BCUT2D eigenvalue weighted by Gasteiger charge is -2.36. The summed E-state index contributed by atoms with van der Waals surface area (Å²) in [5.41, 5.74) is 1.20. The molecule has 0 saturated heterocycles. The van der Waals surface area contributed by atoms with Crippen LogP contribution in [0.3, 0.4) is 0 Å². The Labute approximate surface area is 147 Å². The molecule has 5 heteroatoms. The molecule has 4 nitrogen and oxygen atoms in total. The van der Waals surface area contributed by atoms with Crippen LogP contribution in [0.25, 0.3) is 0 Å². The highest BCUT2D eigenvalue weighted by atomic mass is 28.4. The Morgan fingerprint density at radius 2 is 1.79 bits per heavy atom. The summed E-state index contributed by atoms with van der Waals surface area (Å²) < 4.78 is 14.2. The van der Waals surface area contributed by atoms with E-state index in [0.717, 1.165) is 12.4 Å². The van der Waals surface area contributed by atoms with Crippen molar-refractivity contribution in [2.24, 2.45) is 0 Å². The van der Waals surface area contributed by atoms with Gasteiger partial charge in [0.2, 0.25) is 0 Å². The summed E-state index contributed by atoms with van der Waals surface area (Å²) >= 11 is 0. The first-order valence-electron chi connectivity index (χ1n) is 8.55. The fourth-order valence-electron chi connectivity index (χ4n) is 2.07. The van der Waals surface area contributed by atoms with Crippen molar-refractivity contribution in [1.29, 1.82) is 0 Å². The standard InChI is InChI=1S/C19H30N2O2Si/c1-19(2,3)24(4,5)23-16-18-20-11-12-21(18)13-14-22-15-17-9-7-6-8-10-17/h6-12H,13-16H2,1-5H3. The molecule has 132 valence electrons. The van der Waals surface area contributed by atoms with Gasteiger partial charge in [-0.25, -0.2) is 4.98 Å². The molecule has 0 spiro atoms. The average Bonchev–Trinajstić information content (AvgIpc) is 2.97. The zero-order valence-electron chi connectivity index (χ0n) is 15.6. The van der Waals surface area contributed by atoms with Gasteiger partial charge in [-0.15, -0.1) is 0 Å². The van der Waals surface area contributed by atoms with E-state index in [9.17, 15) is 0 Å². The minimum absolute atomic E-state index is 0.212. The van der Waals surface area contributed by atoms with Crippen LogP contribution >= 0.6 is 0 Å². The van der Waals surface area contributed by atoms with Crippen molar-refractivity contribution in [2.75, 3.05) is 6.61 Å². The number of rotatable bonds is 8. The normalized spacial score (nSPS) is 12.5. The number of hydrogen-bond donors (Lipinski definition) is 0. The molecular weight excluding hydrogens is 316 g/mol. The van der Waals surface area contributed by atoms with Gasteiger partial charge >= 0.3 is 0 Å². The summed E-state index contributed by atoms with van der Waals surface area (Å²) in [7, 11) is -1.75. The smallest absolute Gasteiger partial charge is 0.192 e. The van der Waals surface area contributed by atoms with E-state index in [4.69, 9.17) is 9.16 Å². The highest BCUT2D eigenvalue weighted by Crippen LogP contribution is 2.36. The summed E-state index contributed by atoms with van der Waals surface area (Å²) in [6, 6.07) is 10.2. The number of ether oxygens (including phenoxy) is 1. The third-order valence-electron chi connectivity index (χ3n) is 4.76. The molecule has 2 rings (SSSR count). The first-order chi connectivity index (χ1) is 11.3. The largest absolute Gasteiger partial charge is 0.409 e. The molecule has 0 N–H and O–H groups in total. The number of imidazole rings is 1. The van der Waals surface area contributed by atoms with Crippen molar-refractivity contribution in [3.63, 3.8) is 0 Å². The van der Waals surface area contributed by atoms with Crippen molar-refractivity contribution in [2.45, 2.75) is 58.7 Å². The first kappa shape index (κ1) is 18.9. The predicted octanol–water partition coefficient (Wildman–Crippen LogP) is 4.62. The topological polar surface area (TPSA) is 36.3 Å². The van der Waals surface area contributed by atoms with Crippen molar-refractivity contribution >= 4 is 8.32 Å². The van der Waals surface area contributed by atoms with Gasteiger partial charge < -0.3 is 13.7 Å². The first-order valence-corrected chi connectivity index (χ1v) is 11.5. The third-order valence-corrected chi connectivity index (χ3v) is 9.24. The van der Waals surface area contributed by atoms with Crippen LogP contribution in [-0.4, -0.2) is 24.5 Å². The lowest BCUT2D eigenvalue weighted by molar-refractivity contribution is 0.111. The summed E-state index contributed by atoms with van der Waals surface area (Å²) in [6.07, 6.45) is 3.83. The van der Waals surface area contributed by atoms with E-state index in [2.05, 4.69) is 55.5 Å². The number of nitrogens with zero attached hydrogens (tertiary/aromatic N) is 2. The van der Waals surface area contributed by atoms with E-state index in [1.807, 2.05) is 30.6 Å². The molecule has 0 aliphatic carbocycles. The molecule has 1 heterocycles. The van der Waals surface area contributed by atoms with Gasteiger partial charge in [0, 0.05) is 18.9 Å². The highest BCUT2D eigenvalue weighted by molar-refractivity contribution is 6.74. The van der Waals surface area contributed by atoms with E-state index < -0.39 is 8.32 Å². The van der Waals surface area contributed by atoms with Gasteiger partial charge in [0.25, 0.3) is 0 Å². The summed E-state index contributed by atoms with van der Waals surface area (Å²) in [5, 5.41) is 0.212. The lowest BCUT2D eigenvalue weighted by Crippen LogP contribution is -2.40. The zero-order valence-corrected chi connectivity index (χ0v) is 16.6. The molecule has 0 atom stereocenters. The number of aromatic nitrogens is 2. The molecule has 0 radical (unpaired) electrons. The Kier molecular flexibility index (Phi) is 6.38. The monoisotopic (exact) mass is 346 g/mol. The van der Waals surface area contributed by atoms with Crippen molar-refractivity contribution in [1.82, 2.24) is 9.55 Å². The maximum Gasteiger partial charge on any atom is 0.192 e. The van der Waals surface area contributed by atoms with Crippen LogP contribution in [0.2, 0.25) is 18.1 Å². The molecule has 0 saturated carbocycles. The third kappa shape index (κ3) is 5.29. The van der Waals surface area contributed by atoms with Crippen LogP contribution in [0.4, 0.5) is 0 Å². The fourth-order valence-corrected chi connectivity index (χ4v) is 3.00. The second kappa shape index (κ2) is 8.10. The summed E-state index contributed by atoms with van der Waals surface area (Å²) in [6.45, 7) is 14.0. The van der Waals surface area contributed by atoms with Gasteiger partial charge in [0.1, 0.15) is 5.82 Å². The van der Waals surface area contributed by atoms with Crippen LogP contribution < -0.4 is 0 Å². The van der Waals surface area contributed by atoms with E-state index in [1.165, 1.54) is 5.56 Å². The highest BCUT2D eigenvalue weighted by Gasteiger charge is 2.37. The van der Waals surface area contributed by atoms with Gasteiger partial charge in [-0.2, -0.15) is 0 Å². The van der Waals surface area contributed by atoms with Crippen molar-refractivity contribution in [3.8, 4) is 0 Å². The Hall–Kier alpha value is -1.43. The lowest BCUT2D eigenvalue weighted by atomic mass is 10.2. The molecule has 0 aliphatic rings. The van der Waals surface area contributed by atoms with Crippen LogP contribution in [-0.2, 0) is 28.9 Å². The average molecular weight is 347 g/mol. The van der Waals surface area contributed by atoms with E-state index in [0.29, 0.717) is 19.8 Å². The zero-order chi connectivity index (χ0) is 17.6. The Morgan fingerprint density at radius 3 is 2.46 bits per heavy atom. The molecule has 24 heavy (non-hydrogen) atoms. The molecule has 0 fully saturated rings. The van der Waals surface area contributed by atoms with Crippen LogP contribution in [0, 0.1) is 0 Å². The summed E-state index contributed by atoms with van der Waals surface area (Å²) in [4.78, 5) is 4.44. The Bertz CT molecular complexity index is 618. The molecule has 0 unspecified atom stereocenters. The molecule has 0 aliphatic heterocycles. The second-order valence-electron chi connectivity index (χ2n) is 7.62. The maximum absolute atomic E-state index is 6.27. The van der Waals surface area contributed by atoms with Gasteiger partial charge in [0.05, 0.1) is 19.8 Å². The predicted molar refractivity (Wildman–Crippen MR) is 100 cm³/mol. The van der Waals surface area contributed by atoms with Crippen molar-refractivity contribution in [3.05, 3.63) is 54.1 Å². The molecule has 1 aromatic carbocycles. The Morgan fingerprint density at radius 1 is 1.08 bits per heavy atom. The number of hydrogen-bond acceptors (Lipinski definition) is 3. The van der Waals surface area contributed by atoms with Crippen LogP contribution in [0.1, 0.15) is 32.2 Å². The van der Waals surface area contributed by atoms with E-state index in [1.54, 1.807) is 0 Å². The summed E-state index contributed by atoms with van der Waals surface area (Å²) in [5.74, 6) is 0.975. The van der Waals surface area contributed by atoms with Gasteiger partial charge in [-0.1, -0.05) is 51.1 Å². The molecule has 1 aromatic heterocycles. The van der Waals surface area contributed by atoms with Gasteiger partial charge in [-0.05, 0) is 23.7 Å². The molecule has 2 aromatic rings. The second-order valence-corrected chi connectivity index (χ2v) is 12.4. The molecule has 0 bridgehead atoms. The van der Waals surface area contributed by atoms with Crippen molar-refractivity contribution < 1.29 is 9.16 Å². The SMILES string of the molecule is CC(C)(C)[Si](C)(C)OCc1nccn1CCOCc1ccccc1. The molecule has 0 amide bonds. The number of benzene rings is 1. The van der Waals surface area contributed by atoms with Gasteiger partial charge in [0.15, 0.2) is 8.32 Å². The minimum Gasteiger partial charge on any atom is -0.409 e. The van der Waals surface area contributed by atoms with E-state index in [-0.39, 0.29) is 5.04 Å². The quantitative estimate of drug-likeness (QED) is 0.517. The Balaban J connectivity index is 1.80. The molecular formula is C19H30N2O2Si. The van der Waals surface area contributed by atoms with E-state index >= 15 is 0 Å².